The molecule has 0 unspecified atom stereocenters. The molecule has 1 saturated heterocycles. The van der Waals surface area contributed by atoms with Crippen molar-refractivity contribution in [3.8, 4) is 0 Å². The highest BCUT2D eigenvalue weighted by molar-refractivity contribution is 7.10. The Hall–Kier alpha value is -2.35. The second kappa shape index (κ2) is 5.94. The highest BCUT2D eigenvalue weighted by atomic mass is 32.1. The molecular weight excluding hydrogens is 334 g/mol. The number of hydrogen-bond donors (Lipinski definition) is 0. The van der Waals surface area contributed by atoms with Crippen LogP contribution in [-0.2, 0) is 6.42 Å². The maximum atomic E-state index is 13.2. The summed E-state index contributed by atoms with van der Waals surface area (Å²) in [5.41, 5.74) is 3.80. The average molecular weight is 348 g/mol. The predicted octanol–water partition coefficient (Wildman–Crippen LogP) is 3.71. The number of carbonyl (C=O) groups excluding carboxylic acids is 1. The summed E-state index contributed by atoms with van der Waals surface area (Å²) in [4.78, 5) is 25.1. The summed E-state index contributed by atoms with van der Waals surface area (Å²) in [6, 6.07) is 0.989. The number of anilines is 1. The van der Waals surface area contributed by atoms with Gasteiger partial charge in [-0.15, -0.1) is 11.3 Å². The Morgan fingerprint density at radius 3 is 2.88 bits per heavy atom. The van der Waals surface area contributed by atoms with E-state index in [4.69, 9.17) is 0 Å². The molecule has 5 nitrogen and oxygen atoms in total. The Labute approximate surface area is 141 Å². The van der Waals surface area contributed by atoms with E-state index >= 15 is 0 Å². The van der Waals surface area contributed by atoms with Gasteiger partial charge in [0.25, 0.3) is 6.43 Å². The van der Waals surface area contributed by atoms with Crippen LogP contribution in [0, 0.1) is 0 Å². The lowest BCUT2D eigenvalue weighted by molar-refractivity contribution is 0.152. The minimum atomic E-state index is -2.64. The molecule has 2 amide bonds. The van der Waals surface area contributed by atoms with Gasteiger partial charge in [-0.2, -0.15) is 0 Å². The van der Waals surface area contributed by atoms with Gasteiger partial charge in [0.1, 0.15) is 0 Å². The third-order valence-corrected chi connectivity index (χ3v) is 5.12. The van der Waals surface area contributed by atoms with Crippen LogP contribution in [-0.4, -0.2) is 34.0 Å². The number of aryl methyl sites for hydroxylation is 1. The van der Waals surface area contributed by atoms with Crippen LogP contribution in [0.2, 0.25) is 0 Å². The number of halogens is 2. The number of amides is 2. The molecular formula is C16H14F2N4OS. The predicted molar refractivity (Wildman–Crippen MR) is 87.1 cm³/mol. The summed E-state index contributed by atoms with van der Waals surface area (Å²) in [7, 11) is 0. The number of rotatable bonds is 3. The van der Waals surface area contributed by atoms with Crippen LogP contribution in [0.15, 0.2) is 29.7 Å². The standard InChI is InChI=1S/C16H14F2N4OS/c17-15(18)11-3-4-19-8-13(11)22-6-5-21(16(22)23)10-1-2-12-14(7-10)24-9-20-12/h3-4,7-9,15H,1-2,5-6H2. The average Bonchev–Trinajstić information content (AvgIpc) is 3.20. The third kappa shape index (κ3) is 2.47. The van der Waals surface area contributed by atoms with Gasteiger partial charge in [0, 0.05) is 30.5 Å². The quantitative estimate of drug-likeness (QED) is 0.850. The first-order chi connectivity index (χ1) is 11.6. The zero-order valence-corrected chi connectivity index (χ0v) is 13.5. The molecule has 0 spiro atoms. The Morgan fingerprint density at radius 1 is 1.21 bits per heavy atom. The second-order valence-electron chi connectivity index (χ2n) is 5.62. The zero-order chi connectivity index (χ0) is 16.7. The molecule has 0 radical (unpaired) electrons. The van der Waals surface area contributed by atoms with Gasteiger partial charge >= 0.3 is 6.03 Å². The van der Waals surface area contributed by atoms with Gasteiger partial charge in [-0.1, -0.05) is 0 Å². The molecule has 24 heavy (non-hydrogen) atoms. The van der Waals surface area contributed by atoms with E-state index in [9.17, 15) is 13.6 Å². The fraction of sp³-hybridized carbons (Fsp3) is 0.312. The first kappa shape index (κ1) is 15.2. The molecule has 2 aromatic heterocycles. The van der Waals surface area contributed by atoms with Crippen molar-refractivity contribution in [1.29, 1.82) is 0 Å². The number of aromatic nitrogens is 2. The fourth-order valence-corrected chi connectivity index (χ4v) is 3.89. The number of nitrogens with zero attached hydrogens (tertiary/aromatic N) is 4. The first-order valence-corrected chi connectivity index (χ1v) is 8.47. The van der Waals surface area contributed by atoms with Gasteiger partial charge in [-0.3, -0.25) is 14.8 Å². The van der Waals surface area contributed by atoms with Crippen LogP contribution in [0.5, 0.6) is 0 Å². The maximum Gasteiger partial charge on any atom is 0.328 e. The van der Waals surface area contributed by atoms with E-state index in [0.29, 0.717) is 13.1 Å². The number of pyridine rings is 1. The summed E-state index contributed by atoms with van der Waals surface area (Å²) < 4.78 is 26.4. The molecule has 1 aliphatic heterocycles. The molecule has 3 heterocycles. The van der Waals surface area contributed by atoms with Gasteiger partial charge in [0.15, 0.2) is 0 Å². The molecule has 2 aliphatic rings. The number of hydrogen-bond acceptors (Lipinski definition) is 4. The van der Waals surface area contributed by atoms with Crippen LogP contribution in [0.1, 0.15) is 29.0 Å². The number of allylic oxidation sites excluding steroid dienone is 1. The van der Waals surface area contributed by atoms with E-state index in [1.54, 1.807) is 21.7 Å². The van der Waals surface area contributed by atoms with Crippen molar-refractivity contribution in [2.75, 3.05) is 18.0 Å². The van der Waals surface area contributed by atoms with Crippen molar-refractivity contribution in [3.05, 3.63) is 45.8 Å². The fourth-order valence-electron chi connectivity index (χ4n) is 3.10. The molecule has 2 aromatic rings. The lowest BCUT2D eigenvalue weighted by atomic mass is 10.1. The smallest absolute Gasteiger partial charge is 0.296 e. The minimum absolute atomic E-state index is 0.164. The van der Waals surface area contributed by atoms with E-state index in [-0.39, 0.29) is 17.3 Å². The zero-order valence-electron chi connectivity index (χ0n) is 12.7. The van der Waals surface area contributed by atoms with Gasteiger partial charge in [-0.25, -0.2) is 18.6 Å². The lowest BCUT2D eigenvalue weighted by Crippen LogP contribution is -2.32. The maximum absolute atomic E-state index is 13.2. The molecule has 1 aliphatic carbocycles. The summed E-state index contributed by atoms with van der Waals surface area (Å²) >= 11 is 1.54. The van der Waals surface area contributed by atoms with Crippen molar-refractivity contribution in [1.82, 2.24) is 14.9 Å². The number of thiazole rings is 1. The van der Waals surface area contributed by atoms with Gasteiger partial charge in [0.05, 0.1) is 28.0 Å². The largest absolute Gasteiger partial charge is 0.328 e. The normalized spacial score (nSPS) is 17.5. The van der Waals surface area contributed by atoms with Crippen LogP contribution in [0.25, 0.3) is 6.08 Å². The van der Waals surface area contributed by atoms with Crippen LogP contribution < -0.4 is 4.90 Å². The van der Waals surface area contributed by atoms with E-state index in [0.717, 1.165) is 29.1 Å². The monoisotopic (exact) mass is 348 g/mol. The molecule has 0 N–H and O–H groups in total. The molecule has 124 valence electrons. The Balaban J connectivity index is 1.62. The van der Waals surface area contributed by atoms with E-state index in [1.807, 2.05) is 6.08 Å². The van der Waals surface area contributed by atoms with Crippen LogP contribution in [0.4, 0.5) is 19.3 Å². The van der Waals surface area contributed by atoms with Gasteiger partial charge in [0.2, 0.25) is 0 Å². The van der Waals surface area contributed by atoms with E-state index < -0.39 is 6.43 Å². The SMILES string of the molecule is O=C1N(C2=Cc3scnc3CC2)CCN1c1cnccc1C(F)F. The molecule has 0 aromatic carbocycles. The molecule has 0 saturated carbocycles. The van der Waals surface area contributed by atoms with Crippen LogP contribution in [0.3, 0.4) is 0 Å². The van der Waals surface area contributed by atoms with Gasteiger partial charge in [-0.05, 0) is 25.0 Å². The Morgan fingerprint density at radius 2 is 2.04 bits per heavy atom. The van der Waals surface area contributed by atoms with Crippen LogP contribution >= 0.6 is 11.3 Å². The number of fused-ring (bicyclic) bond motifs is 1. The van der Waals surface area contributed by atoms with Crippen molar-refractivity contribution >= 4 is 29.1 Å². The third-order valence-electron chi connectivity index (χ3n) is 4.30. The van der Waals surface area contributed by atoms with E-state index in [2.05, 4.69) is 9.97 Å². The van der Waals surface area contributed by atoms with Crippen molar-refractivity contribution in [3.63, 3.8) is 0 Å². The van der Waals surface area contributed by atoms with Crippen molar-refractivity contribution < 1.29 is 13.6 Å². The lowest BCUT2D eigenvalue weighted by Gasteiger charge is -2.24. The van der Waals surface area contributed by atoms with Crippen molar-refractivity contribution in [2.45, 2.75) is 19.3 Å². The number of alkyl halides is 2. The first-order valence-electron chi connectivity index (χ1n) is 7.59. The number of carbonyl (C=O) groups is 1. The summed E-state index contributed by atoms with van der Waals surface area (Å²) in [5, 5.41) is 0. The highest BCUT2D eigenvalue weighted by Gasteiger charge is 2.35. The summed E-state index contributed by atoms with van der Waals surface area (Å²) in [6.07, 6.45) is 3.51. The molecule has 4 rings (SSSR count). The van der Waals surface area contributed by atoms with Crippen molar-refractivity contribution in [2.24, 2.45) is 0 Å². The summed E-state index contributed by atoms with van der Waals surface area (Å²) in [6.45, 7) is 0.855. The molecule has 8 heteroatoms. The Kier molecular flexibility index (Phi) is 3.76. The minimum Gasteiger partial charge on any atom is -0.296 e. The summed E-state index contributed by atoms with van der Waals surface area (Å²) in [5.74, 6) is 0. The highest BCUT2D eigenvalue weighted by Crippen LogP contribution is 2.34. The molecule has 1 fully saturated rings. The molecule has 0 bridgehead atoms. The van der Waals surface area contributed by atoms with E-state index in [1.165, 1.54) is 23.4 Å². The second-order valence-corrected chi connectivity index (χ2v) is 6.51. The Bertz CT molecular complexity index is 820. The van der Waals surface area contributed by atoms with Gasteiger partial charge < -0.3 is 0 Å². The molecule has 0 atom stereocenters. The topological polar surface area (TPSA) is 49.3 Å². The number of urea groups is 1.